The Morgan fingerprint density at radius 2 is 0.839 bits per heavy atom. The van der Waals surface area contributed by atoms with Gasteiger partial charge in [-0.1, -0.05) is 146 Å². The lowest BCUT2D eigenvalue weighted by Gasteiger charge is -2.18. The molecule has 0 fully saturated rings. The Morgan fingerprint density at radius 3 is 1.52 bits per heavy atom. The van der Waals surface area contributed by atoms with Crippen LogP contribution in [0.15, 0.2) is 182 Å². The van der Waals surface area contributed by atoms with Crippen LogP contribution in [0.25, 0.3) is 114 Å². The summed E-state index contributed by atoms with van der Waals surface area (Å²) in [5.74, 6) is 1.91. The van der Waals surface area contributed by atoms with E-state index in [-0.39, 0.29) is 0 Å². The van der Waals surface area contributed by atoms with Gasteiger partial charge in [0, 0.05) is 53.0 Å². The van der Waals surface area contributed by atoms with Gasteiger partial charge < -0.3 is 4.57 Å². The Balaban J connectivity index is 1.26. The molecule has 9 aromatic carbocycles. The maximum atomic E-state index is 5.23. The first-order valence-corrected chi connectivity index (χ1v) is 19.7. The molecule has 260 valence electrons. The van der Waals surface area contributed by atoms with Crippen molar-refractivity contribution in [2.45, 2.75) is 0 Å². The molecule has 3 heterocycles. The van der Waals surface area contributed by atoms with Gasteiger partial charge >= 0.3 is 0 Å². The Bertz CT molecular complexity index is 3470. The number of nitrogens with zero attached hydrogens (tertiary/aromatic N) is 4. The van der Waals surface area contributed by atoms with E-state index in [1.165, 1.54) is 63.4 Å². The van der Waals surface area contributed by atoms with Crippen LogP contribution in [0.2, 0.25) is 0 Å². The summed E-state index contributed by atoms with van der Waals surface area (Å²) in [5, 5.41) is 12.2. The molecule has 12 rings (SSSR count). The van der Waals surface area contributed by atoms with E-state index in [0.717, 1.165) is 33.3 Å². The molecule has 0 aliphatic rings. The summed E-state index contributed by atoms with van der Waals surface area (Å²) in [4.78, 5) is 15.5. The van der Waals surface area contributed by atoms with Crippen LogP contribution < -0.4 is 0 Å². The largest absolute Gasteiger partial charge is 0.309 e. The summed E-state index contributed by atoms with van der Waals surface area (Å²) in [7, 11) is 0. The van der Waals surface area contributed by atoms with E-state index in [1.54, 1.807) is 0 Å². The Labute approximate surface area is 325 Å². The molecule has 4 nitrogen and oxygen atoms in total. The molecule has 0 aliphatic heterocycles. The van der Waals surface area contributed by atoms with Gasteiger partial charge in [0.2, 0.25) is 0 Å². The summed E-state index contributed by atoms with van der Waals surface area (Å²) in [6.45, 7) is 0. The number of hydrogen-bond donors (Lipinski definition) is 0. The standard InChI is InChI=1S/C51H30N4S/c1-3-15-31(16-4-1)49-52-50(32-17-5-2-6-18-32)54-51(53-49)33-27-42-36-21-8-7-19-34(36)35-20-9-10-24-39(35)48(42)45(28-33)55-43-25-13-11-22-37(43)40-30-47-41(29-44(40)55)38-23-12-14-26-46(38)56-47/h1-30H. The third kappa shape index (κ3) is 4.68. The monoisotopic (exact) mass is 730 g/mol. The molecule has 0 saturated carbocycles. The number of para-hydroxylation sites is 1. The van der Waals surface area contributed by atoms with E-state index >= 15 is 0 Å². The fraction of sp³-hybridized carbons (Fsp3) is 0. The van der Waals surface area contributed by atoms with Crippen molar-refractivity contribution in [3.8, 4) is 39.9 Å². The minimum absolute atomic E-state index is 0.630. The Kier molecular flexibility index (Phi) is 6.76. The SMILES string of the molecule is c1ccc(-c2nc(-c3ccccc3)nc(-c3cc(-n4c5ccccc5c5cc6sc7ccccc7c6cc54)c4c5ccccc5c5ccccc5c4c3)n2)cc1. The Morgan fingerprint density at radius 1 is 0.321 bits per heavy atom. The van der Waals surface area contributed by atoms with Crippen LogP contribution in [0.4, 0.5) is 0 Å². The third-order valence-electron chi connectivity index (χ3n) is 11.2. The fourth-order valence-corrected chi connectivity index (χ4v) is 9.83. The average Bonchev–Trinajstić information content (AvgIpc) is 3.80. The quantitative estimate of drug-likeness (QED) is 0.169. The van der Waals surface area contributed by atoms with E-state index in [9.17, 15) is 0 Å². The Hall–Kier alpha value is -7.21. The summed E-state index contributed by atoms with van der Waals surface area (Å²) < 4.78 is 5.08. The first-order valence-electron chi connectivity index (χ1n) is 18.9. The van der Waals surface area contributed by atoms with Crippen LogP contribution in [0.1, 0.15) is 0 Å². The molecular weight excluding hydrogens is 701 g/mol. The summed E-state index contributed by atoms with van der Waals surface area (Å²) in [6.07, 6.45) is 0. The van der Waals surface area contributed by atoms with Gasteiger partial charge in [0.05, 0.1) is 16.7 Å². The number of rotatable bonds is 4. The van der Waals surface area contributed by atoms with E-state index in [2.05, 4.69) is 150 Å². The first kappa shape index (κ1) is 31.2. The van der Waals surface area contributed by atoms with Gasteiger partial charge in [0.1, 0.15) is 0 Å². The van der Waals surface area contributed by atoms with Crippen molar-refractivity contribution >= 4 is 85.6 Å². The minimum Gasteiger partial charge on any atom is -0.309 e. The maximum Gasteiger partial charge on any atom is 0.164 e. The second-order valence-electron chi connectivity index (χ2n) is 14.4. The fourth-order valence-electron chi connectivity index (χ4n) is 8.70. The van der Waals surface area contributed by atoms with Gasteiger partial charge in [-0.3, -0.25) is 0 Å². The predicted octanol–water partition coefficient (Wildman–Crippen LogP) is 13.8. The molecule has 0 amide bonds. The lowest BCUT2D eigenvalue weighted by Crippen LogP contribution is -2.02. The van der Waals surface area contributed by atoms with E-state index < -0.39 is 0 Å². The van der Waals surface area contributed by atoms with Gasteiger partial charge in [-0.2, -0.15) is 0 Å². The zero-order valence-corrected chi connectivity index (χ0v) is 30.8. The number of fused-ring (bicyclic) bond motifs is 12. The molecule has 0 spiro atoms. The predicted molar refractivity (Wildman–Crippen MR) is 236 cm³/mol. The number of benzene rings is 9. The highest BCUT2D eigenvalue weighted by molar-refractivity contribution is 7.25. The number of hydrogen-bond acceptors (Lipinski definition) is 4. The molecule has 0 saturated heterocycles. The molecule has 0 N–H and O–H groups in total. The van der Waals surface area contributed by atoms with E-state index in [1.807, 2.05) is 47.7 Å². The second-order valence-corrected chi connectivity index (χ2v) is 15.4. The van der Waals surface area contributed by atoms with Gasteiger partial charge in [0.15, 0.2) is 17.5 Å². The summed E-state index contributed by atoms with van der Waals surface area (Å²) in [6, 6.07) is 65.0. The highest BCUT2D eigenvalue weighted by Crippen LogP contribution is 2.45. The van der Waals surface area contributed by atoms with Crippen molar-refractivity contribution in [1.82, 2.24) is 19.5 Å². The van der Waals surface area contributed by atoms with Crippen LogP contribution in [0.5, 0.6) is 0 Å². The van der Waals surface area contributed by atoms with Crippen LogP contribution in [-0.2, 0) is 0 Å². The van der Waals surface area contributed by atoms with Crippen molar-refractivity contribution in [3.05, 3.63) is 182 Å². The number of aromatic nitrogens is 4. The topological polar surface area (TPSA) is 43.6 Å². The molecule has 0 unspecified atom stereocenters. The molecule has 5 heteroatoms. The van der Waals surface area contributed by atoms with Crippen LogP contribution in [-0.4, -0.2) is 19.5 Å². The molecule has 0 atom stereocenters. The molecule has 56 heavy (non-hydrogen) atoms. The first-order chi connectivity index (χ1) is 27.8. The molecule has 12 aromatic rings. The maximum absolute atomic E-state index is 5.23. The van der Waals surface area contributed by atoms with Crippen molar-refractivity contribution in [2.75, 3.05) is 0 Å². The van der Waals surface area contributed by atoms with E-state index in [4.69, 9.17) is 15.0 Å². The summed E-state index contributed by atoms with van der Waals surface area (Å²) >= 11 is 1.86. The second kappa shape index (κ2) is 12.2. The van der Waals surface area contributed by atoms with Crippen molar-refractivity contribution in [1.29, 1.82) is 0 Å². The molecule has 0 radical (unpaired) electrons. The van der Waals surface area contributed by atoms with Crippen molar-refractivity contribution in [2.24, 2.45) is 0 Å². The lowest BCUT2D eigenvalue weighted by atomic mass is 9.91. The van der Waals surface area contributed by atoms with Gasteiger partial charge in [-0.25, -0.2) is 15.0 Å². The highest BCUT2D eigenvalue weighted by Gasteiger charge is 2.22. The van der Waals surface area contributed by atoms with E-state index in [0.29, 0.717) is 17.5 Å². The van der Waals surface area contributed by atoms with Crippen LogP contribution in [0.3, 0.4) is 0 Å². The smallest absolute Gasteiger partial charge is 0.164 e. The molecular formula is C51H30N4S. The van der Waals surface area contributed by atoms with Crippen molar-refractivity contribution in [3.63, 3.8) is 0 Å². The lowest BCUT2D eigenvalue weighted by molar-refractivity contribution is 1.07. The third-order valence-corrected chi connectivity index (χ3v) is 12.3. The van der Waals surface area contributed by atoms with Crippen molar-refractivity contribution < 1.29 is 0 Å². The molecule has 0 bridgehead atoms. The summed E-state index contributed by atoms with van der Waals surface area (Å²) in [5.41, 5.74) is 6.24. The van der Waals surface area contributed by atoms with Gasteiger partial charge in [0.25, 0.3) is 0 Å². The zero-order valence-electron chi connectivity index (χ0n) is 30.0. The van der Waals surface area contributed by atoms with Gasteiger partial charge in [-0.05, 0) is 63.3 Å². The normalized spacial score (nSPS) is 11.9. The van der Waals surface area contributed by atoms with Crippen LogP contribution >= 0.6 is 11.3 Å². The highest BCUT2D eigenvalue weighted by atomic mass is 32.1. The molecule has 0 aliphatic carbocycles. The van der Waals surface area contributed by atoms with Gasteiger partial charge in [-0.15, -0.1) is 11.3 Å². The minimum atomic E-state index is 0.630. The average molecular weight is 731 g/mol. The zero-order chi connectivity index (χ0) is 36.7. The number of thiophene rings is 1. The molecule has 3 aromatic heterocycles. The van der Waals surface area contributed by atoms with Crippen LogP contribution in [0, 0.1) is 0 Å².